The van der Waals surface area contributed by atoms with Gasteiger partial charge in [0.1, 0.15) is 0 Å². The molecule has 0 aliphatic rings. The van der Waals surface area contributed by atoms with Crippen molar-refractivity contribution in [1.29, 1.82) is 0 Å². The molecule has 0 aromatic rings. The second kappa shape index (κ2) is 15.9. The van der Waals surface area contributed by atoms with Crippen molar-refractivity contribution in [3.63, 3.8) is 0 Å². The van der Waals surface area contributed by atoms with Gasteiger partial charge in [-0.3, -0.25) is 0 Å². The monoisotopic (exact) mass is 237 g/mol. The zero-order chi connectivity index (χ0) is 6.12. The number of rotatable bonds is 1. The summed E-state index contributed by atoms with van der Waals surface area (Å²) in [5.41, 5.74) is 0. The normalized spacial score (nSPS) is 6.14. The standard InChI is InChI=1S/CHO3.2ClH.Pd/c2-1-4-3;;;/h3H;2*1H;/q-1;;;+2/p-2. The summed E-state index contributed by atoms with van der Waals surface area (Å²) in [5.74, 6) is 0. The van der Waals surface area contributed by atoms with E-state index < -0.39 is 0 Å². The summed E-state index contributed by atoms with van der Waals surface area (Å²) in [4.78, 5) is 11.3. The van der Waals surface area contributed by atoms with E-state index in [0.717, 1.165) is 6.47 Å². The van der Waals surface area contributed by atoms with Crippen LogP contribution in [-0.2, 0) is 25.6 Å². The molecule has 0 saturated carbocycles. The Bertz CT molecular complexity index is 34.1. The molecule has 3 nitrogen and oxygen atoms in total. The van der Waals surface area contributed by atoms with Gasteiger partial charge in [0, 0.05) is 0 Å². The molecule has 0 fully saturated rings. The van der Waals surface area contributed by atoms with Crippen LogP contribution < -0.4 is 0 Å². The zero-order valence-electron chi connectivity index (χ0n) is 2.84. The van der Waals surface area contributed by atoms with Gasteiger partial charge in [-0.05, 0) is 6.47 Å². The van der Waals surface area contributed by atoms with Crippen LogP contribution in [-0.4, -0.2) is 11.7 Å². The van der Waals surface area contributed by atoms with Gasteiger partial charge in [-0.1, -0.05) is 0 Å². The molecule has 0 radical (unpaired) electrons. The van der Waals surface area contributed by atoms with Crippen LogP contribution in [0.1, 0.15) is 0 Å². The van der Waals surface area contributed by atoms with E-state index >= 15 is 0 Å². The van der Waals surface area contributed by atoms with Crippen LogP contribution in [0, 0.1) is 0 Å². The molecular weight excluding hydrogens is 237 g/mol. The predicted molar refractivity (Wildman–Crippen MR) is 21.1 cm³/mol. The van der Waals surface area contributed by atoms with Crippen molar-refractivity contribution in [2.75, 3.05) is 0 Å². The Kier molecular flexibility index (Phi) is 24.1. The minimum absolute atomic E-state index is 0.106. The van der Waals surface area contributed by atoms with Crippen molar-refractivity contribution in [3.8, 4) is 0 Å². The average molecular weight is 238 g/mol. The molecule has 1 N–H and O–H groups in total. The fourth-order valence-corrected chi connectivity index (χ4v) is 0. The van der Waals surface area contributed by atoms with Crippen LogP contribution in [0.25, 0.3) is 0 Å². The van der Waals surface area contributed by atoms with Crippen molar-refractivity contribution in [2.24, 2.45) is 0 Å². The first-order chi connectivity index (χ1) is 3.33. The van der Waals surface area contributed by atoms with Crippen LogP contribution in [0.3, 0.4) is 0 Å². The summed E-state index contributed by atoms with van der Waals surface area (Å²) in [6.45, 7) is 0.736. The zero-order valence-corrected chi connectivity index (χ0v) is 5.90. The summed E-state index contributed by atoms with van der Waals surface area (Å²) < 4.78 is 0. The van der Waals surface area contributed by atoms with Gasteiger partial charge in [0.25, 0.3) is 0 Å². The molecule has 0 aromatic carbocycles. The van der Waals surface area contributed by atoms with E-state index in [1.165, 1.54) is 0 Å². The fourth-order valence-electron chi connectivity index (χ4n) is 0. The average Bonchev–Trinajstić information content (AvgIpc) is 1.69. The Morgan fingerprint density at radius 2 is 1.86 bits per heavy atom. The molecule has 0 aliphatic carbocycles. The molecule has 7 heavy (non-hydrogen) atoms. The summed E-state index contributed by atoms with van der Waals surface area (Å²) in [6, 6.07) is 0. The number of carbonyl (C=O) groups excluding carboxylic acids is 1. The third-order valence-electron chi connectivity index (χ3n) is 0.0373. The molecule has 0 aromatic heterocycles. The Morgan fingerprint density at radius 3 is 1.86 bits per heavy atom. The SMILES string of the molecule is O=[C-]OO.[Cl][Pd][Cl]. The molecule has 0 rings (SSSR count). The third-order valence-corrected chi connectivity index (χ3v) is 0.0373. The number of halogens is 2. The quantitative estimate of drug-likeness (QED) is 0.320. The van der Waals surface area contributed by atoms with E-state index in [0.29, 0.717) is 0 Å². The van der Waals surface area contributed by atoms with Gasteiger partial charge in [-0.2, -0.15) is 0 Å². The molecule has 48 valence electrons. The second-order valence-electron chi connectivity index (χ2n) is 0.220. The van der Waals surface area contributed by atoms with Crippen molar-refractivity contribution < 1.29 is 30.9 Å². The van der Waals surface area contributed by atoms with Crippen molar-refractivity contribution in [1.82, 2.24) is 0 Å². The fraction of sp³-hybridized carbons (Fsp3) is 0. The van der Waals surface area contributed by atoms with Crippen molar-refractivity contribution in [2.45, 2.75) is 0 Å². The van der Waals surface area contributed by atoms with Crippen LogP contribution in [0.4, 0.5) is 0 Å². The maximum absolute atomic E-state index is 8.58. The molecule has 0 atom stereocenters. The Balaban J connectivity index is 0. The van der Waals surface area contributed by atoms with Gasteiger partial charge in [0.2, 0.25) is 0 Å². The first-order valence-corrected chi connectivity index (χ1v) is 4.83. The van der Waals surface area contributed by atoms with E-state index in [4.69, 9.17) is 29.1 Å². The van der Waals surface area contributed by atoms with Crippen LogP contribution >= 0.6 is 19.1 Å². The molecule has 0 bridgehead atoms. The third kappa shape index (κ3) is 52.1. The molecular formula is CHCl2O3Pd-. The van der Waals surface area contributed by atoms with Gasteiger partial charge < -0.3 is 9.68 Å². The van der Waals surface area contributed by atoms with E-state index in [9.17, 15) is 0 Å². The van der Waals surface area contributed by atoms with Gasteiger partial charge >= 0.3 is 35.0 Å². The van der Waals surface area contributed by atoms with Gasteiger partial charge in [0.15, 0.2) is 0 Å². The topological polar surface area (TPSA) is 46.5 Å². The maximum atomic E-state index is 8.58. The van der Waals surface area contributed by atoms with E-state index in [-0.39, 0.29) is 15.9 Å². The Labute approximate surface area is 56.6 Å². The van der Waals surface area contributed by atoms with E-state index in [1.807, 2.05) is 0 Å². The summed E-state index contributed by atoms with van der Waals surface area (Å²) in [7, 11) is 9.63. The number of hydrogen-bond acceptors (Lipinski definition) is 3. The summed E-state index contributed by atoms with van der Waals surface area (Å²) >= 11 is -0.106. The van der Waals surface area contributed by atoms with E-state index in [2.05, 4.69) is 4.89 Å². The van der Waals surface area contributed by atoms with Crippen molar-refractivity contribution in [3.05, 3.63) is 0 Å². The summed E-state index contributed by atoms with van der Waals surface area (Å²) in [5, 5.41) is 6.95. The molecule has 0 saturated heterocycles. The van der Waals surface area contributed by atoms with Crippen molar-refractivity contribution >= 4 is 25.5 Å². The Hall–Kier alpha value is 0.672. The van der Waals surface area contributed by atoms with E-state index in [1.54, 1.807) is 0 Å². The second-order valence-corrected chi connectivity index (χ2v) is 2.58. The molecule has 6 heteroatoms. The molecule has 0 amide bonds. The van der Waals surface area contributed by atoms with Crippen LogP contribution in [0.5, 0.6) is 0 Å². The van der Waals surface area contributed by atoms with Gasteiger partial charge in [-0.25, -0.2) is 5.26 Å². The molecule has 0 aliphatic heterocycles. The molecule has 0 unspecified atom stereocenters. The predicted octanol–water partition coefficient (Wildman–Crippen LogP) is 0.920. The van der Waals surface area contributed by atoms with Crippen LogP contribution in [0.15, 0.2) is 0 Å². The van der Waals surface area contributed by atoms with Gasteiger partial charge in [0.05, 0.1) is 0 Å². The first-order valence-electron chi connectivity index (χ1n) is 0.830. The molecule has 0 spiro atoms. The number of hydrogen-bond donors (Lipinski definition) is 1. The van der Waals surface area contributed by atoms with Gasteiger partial charge in [-0.15, -0.1) is 0 Å². The summed E-state index contributed by atoms with van der Waals surface area (Å²) in [6.07, 6.45) is 0. The Morgan fingerprint density at radius 1 is 1.71 bits per heavy atom. The van der Waals surface area contributed by atoms with Crippen LogP contribution in [0.2, 0.25) is 0 Å². The molecule has 0 heterocycles. The minimum atomic E-state index is -0.106. The first kappa shape index (κ1) is 10.6.